The molecule has 3 aliphatic rings. The number of carbonyl (C=O) groups excluding carboxylic acids is 3. The lowest BCUT2D eigenvalue weighted by Crippen LogP contribution is -2.45. The molecule has 306 valence electrons. The molecule has 5 aromatic rings. The molecule has 5 heterocycles. The average Bonchev–Trinajstić information content (AvgIpc) is 3.71. The van der Waals surface area contributed by atoms with E-state index < -0.39 is 41.2 Å². The molecule has 0 spiro atoms. The van der Waals surface area contributed by atoms with Crippen molar-refractivity contribution in [3.63, 3.8) is 0 Å². The lowest BCUT2D eigenvalue weighted by Gasteiger charge is -2.40. The quantitative estimate of drug-likeness (QED) is 0.123. The molecule has 18 heteroatoms. The molecule has 1 unspecified atom stereocenters. The molecule has 3 amide bonds. The molecule has 8 rings (SSSR count). The zero-order valence-corrected chi connectivity index (χ0v) is 33.3. The first-order chi connectivity index (χ1) is 27.6. The van der Waals surface area contributed by atoms with Gasteiger partial charge in [0.2, 0.25) is 11.8 Å². The molecule has 3 aromatic heterocycles. The Labute approximate surface area is 339 Å². The van der Waals surface area contributed by atoms with Gasteiger partial charge in [0.1, 0.15) is 23.2 Å². The lowest BCUT2D eigenvalue weighted by molar-refractivity contribution is -0.141. The monoisotopic (exact) mass is 840 g/mol. The highest BCUT2D eigenvalue weighted by molar-refractivity contribution is 7.18. The number of carbonyl (C=O) groups is 3. The summed E-state index contributed by atoms with van der Waals surface area (Å²) in [6.45, 7) is 2.48. The fourth-order valence-electron chi connectivity index (χ4n) is 8.77. The van der Waals surface area contributed by atoms with Gasteiger partial charge in [0.25, 0.3) is 5.91 Å². The number of imide groups is 1. The molecule has 1 atom stereocenters. The van der Waals surface area contributed by atoms with Crippen LogP contribution in [0, 0.1) is 11.7 Å². The summed E-state index contributed by atoms with van der Waals surface area (Å²) in [7, 11) is 3.87. The number of thiazole rings is 1. The number of aryl methyl sites for hydroxylation is 1. The Balaban J connectivity index is 0.867. The van der Waals surface area contributed by atoms with Crippen LogP contribution in [0.15, 0.2) is 47.3 Å². The summed E-state index contributed by atoms with van der Waals surface area (Å²) in [6.07, 6.45) is 1.43. The number of halogens is 5. The summed E-state index contributed by atoms with van der Waals surface area (Å²) < 4.78 is 58.0. The summed E-state index contributed by atoms with van der Waals surface area (Å²) in [5.41, 5.74) is 0.426. The maximum absolute atomic E-state index is 15.0. The van der Waals surface area contributed by atoms with Crippen LogP contribution in [-0.2, 0) is 22.8 Å². The van der Waals surface area contributed by atoms with Crippen molar-refractivity contribution in [2.24, 2.45) is 13.0 Å². The highest BCUT2D eigenvalue weighted by Gasteiger charge is 2.35. The van der Waals surface area contributed by atoms with E-state index in [1.807, 2.05) is 6.07 Å². The van der Waals surface area contributed by atoms with Crippen molar-refractivity contribution < 1.29 is 31.9 Å². The van der Waals surface area contributed by atoms with Crippen molar-refractivity contribution in [2.75, 3.05) is 36.9 Å². The minimum Gasteiger partial charge on any atom is -0.370 e. The van der Waals surface area contributed by atoms with Crippen molar-refractivity contribution >= 4 is 73.3 Å². The summed E-state index contributed by atoms with van der Waals surface area (Å²) in [6, 6.07) is 8.86. The predicted octanol–water partition coefficient (Wildman–Crippen LogP) is 7.26. The molecule has 1 saturated carbocycles. The van der Waals surface area contributed by atoms with E-state index in [1.54, 1.807) is 17.7 Å². The van der Waals surface area contributed by atoms with Crippen LogP contribution in [0.1, 0.15) is 84.5 Å². The van der Waals surface area contributed by atoms with Crippen LogP contribution in [-0.4, -0.2) is 74.4 Å². The van der Waals surface area contributed by atoms with E-state index in [4.69, 9.17) is 16.6 Å². The number of hydrogen-bond donors (Lipinski definition) is 2. The van der Waals surface area contributed by atoms with Gasteiger partial charge in [0.05, 0.1) is 37.6 Å². The van der Waals surface area contributed by atoms with Gasteiger partial charge in [0, 0.05) is 56.2 Å². The van der Waals surface area contributed by atoms with Gasteiger partial charge >= 0.3 is 11.9 Å². The number of aromatic nitrogens is 4. The summed E-state index contributed by atoms with van der Waals surface area (Å²) in [5.74, 6) is -1.80. The van der Waals surface area contributed by atoms with Crippen LogP contribution in [0.4, 0.5) is 28.9 Å². The van der Waals surface area contributed by atoms with Crippen LogP contribution >= 0.6 is 22.9 Å². The van der Waals surface area contributed by atoms with Crippen LogP contribution in [0.3, 0.4) is 0 Å². The standard InChI is InChI=1S/C40H41ClF4N8O4S/c1-50(24-12-14-52(15-13-24)30-16-23(41)17-31-35(30)51(2)39(57)53(31)29-10-11-34(54)49-37(29)56)20-21-6-8-22(9-7-21)38-48-28-18-25(42)27(19-32(28)58-38)47-36(55)26-4-3-5-33(46-26)40(43,44)45/h3-5,16-19,21-22,24,29H,6-15,20H2,1-2H3,(H,47,55)(H,49,54,56). The maximum Gasteiger partial charge on any atom is 0.433 e. The van der Waals surface area contributed by atoms with Gasteiger partial charge in [0.15, 0.2) is 0 Å². The highest BCUT2D eigenvalue weighted by Crippen LogP contribution is 2.41. The number of pyridine rings is 1. The van der Waals surface area contributed by atoms with Gasteiger partial charge in [-0.2, -0.15) is 13.2 Å². The van der Waals surface area contributed by atoms with E-state index >= 15 is 4.39 Å². The third-order valence-electron chi connectivity index (χ3n) is 11.8. The van der Waals surface area contributed by atoms with Crippen molar-refractivity contribution in [3.05, 3.63) is 80.2 Å². The van der Waals surface area contributed by atoms with E-state index in [0.717, 1.165) is 87.1 Å². The number of piperidine rings is 2. The van der Waals surface area contributed by atoms with Gasteiger partial charge in [-0.05, 0) is 88.2 Å². The topological polar surface area (TPSA) is 134 Å². The fourth-order valence-corrected chi connectivity index (χ4v) is 10.1. The first kappa shape index (κ1) is 39.9. The van der Waals surface area contributed by atoms with Crippen molar-refractivity contribution in [1.29, 1.82) is 0 Å². The van der Waals surface area contributed by atoms with Gasteiger partial charge < -0.3 is 15.1 Å². The Morgan fingerprint density at radius 1 is 1.02 bits per heavy atom. The van der Waals surface area contributed by atoms with Crippen molar-refractivity contribution in [2.45, 2.75) is 75.5 Å². The Hall–Kier alpha value is -4.87. The number of nitrogens with one attached hydrogen (secondary N) is 2. The zero-order chi connectivity index (χ0) is 41.0. The second-order valence-corrected chi connectivity index (χ2v) is 17.1. The number of fused-ring (bicyclic) bond motifs is 2. The number of hydrogen-bond acceptors (Lipinski definition) is 9. The van der Waals surface area contributed by atoms with Crippen molar-refractivity contribution in [3.8, 4) is 0 Å². The first-order valence-corrected chi connectivity index (χ1v) is 20.5. The third-order valence-corrected chi connectivity index (χ3v) is 13.2. The number of nitrogens with zero attached hydrogens (tertiary/aromatic N) is 6. The van der Waals surface area contributed by atoms with Crippen LogP contribution in [0.5, 0.6) is 0 Å². The largest absolute Gasteiger partial charge is 0.433 e. The summed E-state index contributed by atoms with van der Waals surface area (Å²) in [5, 5.41) is 6.08. The number of anilines is 2. The molecule has 3 fully saturated rings. The number of imidazole rings is 1. The number of benzene rings is 2. The molecular formula is C40H41ClF4N8O4S. The number of amides is 3. The minimum atomic E-state index is -4.72. The molecule has 2 aliphatic heterocycles. The zero-order valence-electron chi connectivity index (χ0n) is 31.7. The molecule has 2 saturated heterocycles. The van der Waals surface area contributed by atoms with Crippen molar-refractivity contribution in [1.82, 2.24) is 29.3 Å². The fraction of sp³-hybridized carbons (Fsp3) is 0.450. The molecule has 12 nitrogen and oxygen atoms in total. The lowest BCUT2D eigenvalue weighted by atomic mass is 9.82. The molecule has 58 heavy (non-hydrogen) atoms. The minimum absolute atomic E-state index is 0.153. The SMILES string of the molecule is CN(CC1CCC(c2nc3cc(F)c(NC(=O)c4cccc(C(F)(F)F)n4)cc3s2)CC1)C1CCN(c2cc(Cl)cc3c2n(C)c(=O)n3C2CCC(=O)NC2=O)CC1. The van der Waals surface area contributed by atoms with E-state index in [9.17, 15) is 32.3 Å². The molecule has 2 N–H and O–H groups in total. The first-order valence-electron chi connectivity index (χ1n) is 19.3. The normalized spacial score (nSPS) is 21.0. The second-order valence-electron chi connectivity index (χ2n) is 15.6. The predicted molar refractivity (Wildman–Crippen MR) is 213 cm³/mol. The molecule has 0 bridgehead atoms. The molecule has 2 aromatic carbocycles. The Morgan fingerprint density at radius 3 is 2.47 bits per heavy atom. The summed E-state index contributed by atoms with van der Waals surface area (Å²) >= 11 is 8.06. The van der Waals surface area contributed by atoms with Gasteiger partial charge in [-0.1, -0.05) is 17.7 Å². The van der Waals surface area contributed by atoms with Crippen LogP contribution in [0.25, 0.3) is 21.3 Å². The Kier molecular flexibility index (Phi) is 10.8. The second kappa shape index (κ2) is 15.7. The van der Waals surface area contributed by atoms with E-state index in [0.29, 0.717) is 38.2 Å². The van der Waals surface area contributed by atoms with Gasteiger partial charge in [-0.25, -0.2) is 19.2 Å². The van der Waals surface area contributed by atoms with E-state index in [2.05, 4.69) is 32.5 Å². The van der Waals surface area contributed by atoms with Gasteiger partial charge in [-0.15, -0.1) is 11.3 Å². The Bertz CT molecular complexity index is 2490. The van der Waals surface area contributed by atoms with Gasteiger partial charge in [-0.3, -0.25) is 28.8 Å². The van der Waals surface area contributed by atoms with Crippen LogP contribution < -0.4 is 21.2 Å². The van der Waals surface area contributed by atoms with Crippen LogP contribution in [0.2, 0.25) is 5.02 Å². The maximum atomic E-state index is 15.0. The number of rotatable bonds is 8. The molecule has 1 aliphatic carbocycles. The summed E-state index contributed by atoms with van der Waals surface area (Å²) in [4.78, 5) is 63.6. The highest BCUT2D eigenvalue weighted by atomic mass is 35.5. The van der Waals surface area contributed by atoms with E-state index in [-0.39, 0.29) is 36.0 Å². The number of alkyl halides is 3. The smallest absolute Gasteiger partial charge is 0.370 e. The Morgan fingerprint density at radius 2 is 1.76 bits per heavy atom. The molecular weight excluding hydrogens is 800 g/mol. The molecule has 0 radical (unpaired) electrons. The average molecular weight is 841 g/mol. The van der Waals surface area contributed by atoms with E-state index in [1.165, 1.54) is 28.0 Å². The third kappa shape index (κ3) is 7.83.